The second-order valence-corrected chi connectivity index (χ2v) is 13.8. The first-order valence-electron chi connectivity index (χ1n) is 14.7. The first kappa shape index (κ1) is 23.0. The average molecular weight is 581 g/mol. The Bertz CT molecular complexity index is 2240. The molecule has 0 bridgehead atoms. The summed E-state index contributed by atoms with van der Waals surface area (Å²) >= 11 is 3.85. The molecule has 0 radical (unpaired) electrons. The van der Waals surface area contributed by atoms with Crippen LogP contribution < -0.4 is 26.2 Å². The van der Waals surface area contributed by atoms with Gasteiger partial charge in [0.25, 0.3) is 6.71 Å². The highest BCUT2D eigenvalue weighted by Crippen LogP contribution is 2.58. The lowest BCUT2D eigenvalue weighted by atomic mass is 9.33. The molecule has 0 saturated carbocycles. The van der Waals surface area contributed by atoms with E-state index in [9.17, 15) is 0 Å². The van der Waals surface area contributed by atoms with Crippen LogP contribution >= 0.6 is 23.5 Å². The van der Waals surface area contributed by atoms with Gasteiger partial charge >= 0.3 is 0 Å². The maximum Gasteiger partial charge on any atom is 0.252 e. The summed E-state index contributed by atoms with van der Waals surface area (Å²) in [4.78, 5) is 10.5. The lowest BCUT2D eigenvalue weighted by molar-refractivity contribution is 1.16. The monoisotopic (exact) mass is 580 g/mol. The van der Waals surface area contributed by atoms with E-state index < -0.39 is 0 Å². The average Bonchev–Trinajstić information content (AvgIpc) is 3.06. The quantitative estimate of drug-likeness (QED) is 0.165. The highest BCUT2D eigenvalue weighted by atomic mass is 32.2. The van der Waals surface area contributed by atoms with Gasteiger partial charge in [-0.05, 0) is 74.3 Å². The number of para-hydroxylation sites is 2. The topological polar surface area (TPSA) is 6.48 Å². The summed E-state index contributed by atoms with van der Waals surface area (Å²) in [6.45, 7) is 0.132. The van der Waals surface area contributed by atoms with Crippen molar-refractivity contribution in [2.75, 3.05) is 9.80 Å². The van der Waals surface area contributed by atoms with Crippen LogP contribution in [0.3, 0.4) is 0 Å². The Morgan fingerprint density at radius 2 is 0.884 bits per heavy atom. The van der Waals surface area contributed by atoms with E-state index in [1.807, 2.05) is 23.5 Å². The highest BCUT2D eigenvalue weighted by molar-refractivity contribution is 8.00. The maximum atomic E-state index is 2.57. The summed E-state index contributed by atoms with van der Waals surface area (Å²) in [5.74, 6) is 0. The van der Waals surface area contributed by atoms with Gasteiger partial charge in [-0.15, -0.1) is 0 Å². The van der Waals surface area contributed by atoms with E-state index in [-0.39, 0.29) is 6.71 Å². The molecular formula is C38H21BN2S2. The largest absolute Gasteiger partial charge is 0.309 e. The second-order valence-electron chi connectivity index (χ2n) is 11.7. The molecule has 0 spiro atoms. The Kier molecular flexibility index (Phi) is 4.31. The molecule has 0 aromatic heterocycles. The Morgan fingerprint density at radius 3 is 1.42 bits per heavy atom. The van der Waals surface area contributed by atoms with Gasteiger partial charge < -0.3 is 9.80 Å². The van der Waals surface area contributed by atoms with Gasteiger partial charge in [-0.1, -0.05) is 115 Å². The molecule has 4 heterocycles. The van der Waals surface area contributed by atoms with Crippen molar-refractivity contribution in [1.29, 1.82) is 0 Å². The van der Waals surface area contributed by atoms with Crippen LogP contribution in [0.15, 0.2) is 147 Å². The summed E-state index contributed by atoms with van der Waals surface area (Å²) in [6.07, 6.45) is 0. The maximum absolute atomic E-state index is 2.57. The third-order valence-corrected chi connectivity index (χ3v) is 11.9. The number of benzene rings is 7. The first-order chi connectivity index (χ1) is 21.3. The molecule has 0 saturated heterocycles. The molecule has 11 rings (SSSR count). The second kappa shape index (κ2) is 8.07. The van der Waals surface area contributed by atoms with Crippen molar-refractivity contribution in [1.82, 2.24) is 0 Å². The predicted molar refractivity (Wildman–Crippen MR) is 184 cm³/mol. The van der Waals surface area contributed by atoms with E-state index in [2.05, 4.69) is 137 Å². The molecule has 5 heteroatoms. The summed E-state index contributed by atoms with van der Waals surface area (Å²) in [5, 5.41) is 5.27. The van der Waals surface area contributed by atoms with Crippen molar-refractivity contribution in [3.63, 3.8) is 0 Å². The van der Waals surface area contributed by atoms with Gasteiger partial charge in [-0.3, -0.25) is 0 Å². The van der Waals surface area contributed by atoms with Gasteiger partial charge in [-0.25, -0.2) is 0 Å². The number of anilines is 6. The van der Waals surface area contributed by atoms with Gasteiger partial charge in [0, 0.05) is 31.0 Å². The van der Waals surface area contributed by atoms with E-state index in [0.717, 1.165) is 0 Å². The molecule has 0 N–H and O–H groups in total. The zero-order valence-corrected chi connectivity index (χ0v) is 24.5. The highest BCUT2D eigenvalue weighted by Gasteiger charge is 2.47. The fraction of sp³-hybridized carbons (Fsp3) is 0. The van der Waals surface area contributed by atoms with E-state index in [1.54, 1.807) is 0 Å². The van der Waals surface area contributed by atoms with Crippen molar-refractivity contribution >= 4 is 102 Å². The van der Waals surface area contributed by atoms with Crippen LogP contribution in [0.4, 0.5) is 34.1 Å². The minimum atomic E-state index is 0.132. The number of rotatable bonds is 0. The van der Waals surface area contributed by atoms with Gasteiger partial charge in [0.15, 0.2) is 0 Å². The van der Waals surface area contributed by atoms with Crippen LogP contribution in [0.1, 0.15) is 0 Å². The van der Waals surface area contributed by atoms with E-state index in [4.69, 9.17) is 0 Å². The molecule has 0 fully saturated rings. The van der Waals surface area contributed by atoms with Crippen LogP contribution in [0, 0.1) is 0 Å². The van der Waals surface area contributed by atoms with Crippen molar-refractivity contribution in [2.24, 2.45) is 0 Å². The molecule has 0 amide bonds. The van der Waals surface area contributed by atoms with Gasteiger partial charge in [0.2, 0.25) is 0 Å². The number of hydrogen-bond donors (Lipinski definition) is 0. The standard InChI is InChI=1S/C38H21BN2S2/c1-3-12-24-22(10-1)20-26-35-37(24)42-32-18-7-5-14-28(32)40(35)30-16-9-17-31-34(30)39(26)27-21-23-11-2-4-13-25(23)38-36(27)41(31)29-15-6-8-19-33(29)43-38/h1-21H. The Labute approximate surface area is 258 Å². The van der Waals surface area contributed by atoms with Crippen molar-refractivity contribution < 1.29 is 0 Å². The number of fused-ring (bicyclic) bond motifs is 12. The third-order valence-electron chi connectivity index (χ3n) is 9.55. The van der Waals surface area contributed by atoms with Gasteiger partial charge in [0.05, 0.1) is 22.7 Å². The fourth-order valence-electron chi connectivity index (χ4n) is 7.88. The lowest BCUT2D eigenvalue weighted by Gasteiger charge is -2.48. The van der Waals surface area contributed by atoms with Gasteiger partial charge in [0.1, 0.15) is 0 Å². The zero-order chi connectivity index (χ0) is 27.8. The van der Waals surface area contributed by atoms with Crippen molar-refractivity contribution in [3.05, 3.63) is 127 Å². The minimum Gasteiger partial charge on any atom is -0.309 e. The summed E-state index contributed by atoms with van der Waals surface area (Å²) in [5.41, 5.74) is 12.0. The summed E-state index contributed by atoms with van der Waals surface area (Å²) in [6, 6.07) is 47.6. The molecule has 0 atom stereocenters. The molecule has 4 aliphatic heterocycles. The van der Waals surface area contributed by atoms with Crippen molar-refractivity contribution in [2.45, 2.75) is 19.6 Å². The smallest absolute Gasteiger partial charge is 0.252 e. The fourth-order valence-corrected chi connectivity index (χ4v) is 10.3. The van der Waals surface area contributed by atoms with Gasteiger partial charge in [-0.2, -0.15) is 0 Å². The molecule has 198 valence electrons. The van der Waals surface area contributed by atoms with Crippen LogP contribution in [0.2, 0.25) is 0 Å². The molecule has 7 aromatic carbocycles. The van der Waals surface area contributed by atoms with Crippen molar-refractivity contribution in [3.8, 4) is 0 Å². The minimum absolute atomic E-state index is 0.132. The Balaban J connectivity index is 1.34. The summed E-state index contributed by atoms with van der Waals surface area (Å²) in [7, 11) is 0. The van der Waals surface area contributed by atoms with E-state index in [1.165, 1.54) is 91.6 Å². The van der Waals surface area contributed by atoms with Crippen LogP contribution in [0.25, 0.3) is 21.5 Å². The Morgan fingerprint density at radius 1 is 0.442 bits per heavy atom. The van der Waals surface area contributed by atoms with E-state index >= 15 is 0 Å². The lowest BCUT2D eigenvalue weighted by Crippen LogP contribution is -2.62. The normalized spacial score (nSPS) is 14.7. The zero-order valence-electron chi connectivity index (χ0n) is 22.9. The third kappa shape index (κ3) is 2.80. The molecular weight excluding hydrogens is 559 g/mol. The number of nitrogens with zero attached hydrogens (tertiary/aromatic N) is 2. The van der Waals surface area contributed by atoms with Crippen LogP contribution in [-0.4, -0.2) is 6.71 Å². The number of hydrogen-bond acceptors (Lipinski definition) is 4. The first-order valence-corrected chi connectivity index (χ1v) is 16.4. The van der Waals surface area contributed by atoms with Crippen LogP contribution in [0.5, 0.6) is 0 Å². The molecule has 2 nitrogen and oxygen atoms in total. The predicted octanol–water partition coefficient (Wildman–Crippen LogP) is 9.00. The molecule has 0 unspecified atom stereocenters. The molecule has 4 aliphatic rings. The molecule has 43 heavy (non-hydrogen) atoms. The SMILES string of the molecule is c1ccc2c(c1)Sc1c3c(cc4ccccc14)B1c4cc5ccccc5c5c4N(c4ccccc4S5)c4cccc(c41)N23. The molecule has 7 aromatic rings. The van der Waals surface area contributed by atoms with Crippen LogP contribution in [-0.2, 0) is 0 Å². The Hall–Kier alpha value is -4.58. The summed E-state index contributed by atoms with van der Waals surface area (Å²) < 4.78 is 0. The van der Waals surface area contributed by atoms with E-state index in [0.29, 0.717) is 0 Å². The molecule has 0 aliphatic carbocycles.